The van der Waals surface area contributed by atoms with E-state index < -0.39 is 0 Å². The van der Waals surface area contributed by atoms with Crippen molar-refractivity contribution in [1.82, 2.24) is 15.3 Å². The number of aromatic nitrogens is 2. The molecule has 2 aromatic heterocycles. The number of amides is 1. The van der Waals surface area contributed by atoms with E-state index in [4.69, 9.17) is 4.42 Å². The lowest BCUT2D eigenvalue weighted by molar-refractivity contribution is -0.125. The van der Waals surface area contributed by atoms with Crippen LogP contribution in [-0.4, -0.2) is 35.5 Å². The predicted octanol–water partition coefficient (Wildman–Crippen LogP) is 3.36. The number of carbonyl (C=O) groups excluding carboxylic acids is 1. The zero-order valence-corrected chi connectivity index (χ0v) is 15.2. The van der Waals surface area contributed by atoms with Gasteiger partial charge in [-0.05, 0) is 30.9 Å². The summed E-state index contributed by atoms with van der Waals surface area (Å²) >= 11 is 0. The molecule has 1 aromatic carbocycles. The van der Waals surface area contributed by atoms with Crippen molar-refractivity contribution in [3.05, 3.63) is 30.6 Å². The van der Waals surface area contributed by atoms with Crippen molar-refractivity contribution in [1.29, 1.82) is 0 Å². The lowest BCUT2D eigenvalue weighted by atomic mass is 9.95. The van der Waals surface area contributed by atoms with Gasteiger partial charge in [0.2, 0.25) is 5.91 Å². The van der Waals surface area contributed by atoms with Crippen LogP contribution < -0.4 is 10.2 Å². The summed E-state index contributed by atoms with van der Waals surface area (Å²) < 4.78 is 6.03. The van der Waals surface area contributed by atoms with Crippen LogP contribution in [0.25, 0.3) is 22.1 Å². The molecule has 0 aliphatic carbocycles. The molecule has 1 fully saturated rings. The molecule has 1 aliphatic rings. The largest absolute Gasteiger partial charge is 0.450 e. The van der Waals surface area contributed by atoms with Crippen molar-refractivity contribution in [3.8, 4) is 0 Å². The first-order valence-corrected chi connectivity index (χ1v) is 9.28. The Morgan fingerprint density at radius 1 is 1.27 bits per heavy atom. The van der Waals surface area contributed by atoms with Crippen molar-refractivity contribution in [3.63, 3.8) is 0 Å². The molecule has 0 saturated carbocycles. The van der Waals surface area contributed by atoms with E-state index in [1.54, 1.807) is 6.33 Å². The molecular weight excluding hydrogens is 328 g/mol. The summed E-state index contributed by atoms with van der Waals surface area (Å²) in [5.74, 6) is 1.56. The average Bonchev–Trinajstić information content (AvgIpc) is 3.05. The van der Waals surface area contributed by atoms with E-state index in [1.165, 1.54) is 0 Å². The molecule has 0 bridgehead atoms. The van der Waals surface area contributed by atoms with Crippen LogP contribution in [0.2, 0.25) is 0 Å². The second-order valence-electron chi connectivity index (χ2n) is 7.37. The quantitative estimate of drug-likeness (QED) is 0.779. The Kier molecular flexibility index (Phi) is 4.49. The smallest absolute Gasteiger partial charge is 0.223 e. The molecule has 1 amide bonds. The van der Waals surface area contributed by atoms with Crippen molar-refractivity contribution in [2.75, 3.05) is 24.5 Å². The molecular formula is C20H24N4O2. The molecule has 4 rings (SSSR count). The van der Waals surface area contributed by atoms with Gasteiger partial charge in [-0.25, -0.2) is 9.97 Å². The van der Waals surface area contributed by atoms with Gasteiger partial charge in [0.1, 0.15) is 17.4 Å². The SMILES string of the molecule is CC(C)CNC(=O)C1CCN(c2ncnc3c2oc2ccccc23)CC1. The van der Waals surface area contributed by atoms with Crippen LogP contribution in [0.1, 0.15) is 26.7 Å². The van der Waals surface area contributed by atoms with Gasteiger partial charge in [0, 0.05) is 30.9 Å². The Bertz CT molecular complexity index is 926. The van der Waals surface area contributed by atoms with Gasteiger partial charge in [0.05, 0.1) is 0 Å². The van der Waals surface area contributed by atoms with Gasteiger partial charge in [0.25, 0.3) is 0 Å². The van der Waals surface area contributed by atoms with Crippen LogP contribution in [0, 0.1) is 11.8 Å². The maximum Gasteiger partial charge on any atom is 0.223 e. The van der Waals surface area contributed by atoms with Crippen LogP contribution >= 0.6 is 0 Å². The van der Waals surface area contributed by atoms with Gasteiger partial charge in [0.15, 0.2) is 11.4 Å². The van der Waals surface area contributed by atoms with E-state index >= 15 is 0 Å². The second-order valence-corrected chi connectivity index (χ2v) is 7.37. The van der Waals surface area contributed by atoms with E-state index in [9.17, 15) is 4.79 Å². The zero-order valence-electron chi connectivity index (χ0n) is 15.2. The van der Waals surface area contributed by atoms with Crippen LogP contribution in [0.15, 0.2) is 35.0 Å². The van der Waals surface area contributed by atoms with Crippen molar-refractivity contribution < 1.29 is 9.21 Å². The summed E-state index contributed by atoms with van der Waals surface area (Å²) in [7, 11) is 0. The third-order valence-electron chi connectivity index (χ3n) is 4.99. The number of carbonyl (C=O) groups is 1. The number of benzene rings is 1. The molecule has 1 N–H and O–H groups in total. The minimum atomic E-state index is 0.0815. The highest BCUT2D eigenvalue weighted by Gasteiger charge is 2.27. The third kappa shape index (κ3) is 3.11. The lowest BCUT2D eigenvalue weighted by Crippen LogP contribution is -2.41. The van der Waals surface area contributed by atoms with Crippen LogP contribution in [0.3, 0.4) is 0 Å². The van der Waals surface area contributed by atoms with Gasteiger partial charge in [-0.1, -0.05) is 26.0 Å². The number of nitrogens with zero attached hydrogens (tertiary/aromatic N) is 3. The summed E-state index contributed by atoms with van der Waals surface area (Å²) in [6.07, 6.45) is 3.26. The first-order valence-electron chi connectivity index (χ1n) is 9.28. The van der Waals surface area contributed by atoms with Gasteiger partial charge in [-0.3, -0.25) is 4.79 Å². The molecule has 26 heavy (non-hydrogen) atoms. The Labute approximate surface area is 152 Å². The highest BCUT2D eigenvalue weighted by atomic mass is 16.3. The summed E-state index contributed by atoms with van der Waals surface area (Å²) in [5.41, 5.74) is 2.41. The molecule has 0 unspecified atom stereocenters. The highest BCUT2D eigenvalue weighted by molar-refractivity contribution is 6.05. The van der Waals surface area contributed by atoms with Gasteiger partial charge >= 0.3 is 0 Å². The molecule has 0 atom stereocenters. The standard InChI is InChI=1S/C20H24N4O2/c1-13(2)11-21-20(25)14-7-9-24(10-8-14)19-18-17(22-12-23-19)15-5-3-4-6-16(15)26-18/h3-6,12-14H,7-11H2,1-2H3,(H,21,25). The lowest BCUT2D eigenvalue weighted by Gasteiger charge is -2.32. The van der Waals surface area contributed by atoms with E-state index in [-0.39, 0.29) is 11.8 Å². The van der Waals surface area contributed by atoms with Gasteiger partial charge < -0.3 is 14.6 Å². The Morgan fingerprint density at radius 2 is 2.04 bits per heavy atom. The fourth-order valence-corrected chi connectivity index (χ4v) is 3.54. The first-order chi connectivity index (χ1) is 12.6. The highest BCUT2D eigenvalue weighted by Crippen LogP contribution is 2.33. The topological polar surface area (TPSA) is 71.3 Å². The molecule has 1 saturated heterocycles. The summed E-state index contributed by atoms with van der Waals surface area (Å²) in [6, 6.07) is 7.91. The Balaban J connectivity index is 1.52. The number of piperidine rings is 1. The number of furan rings is 1. The zero-order chi connectivity index (χ0) is 18.1. The summed E-state index contributed by atoms with van der Waals surface area (Å²) in [4.78, 5) is 23.4. The number of rotatable bonds is 4. The fourth-order valence-electron chi connectivity index (χ4n) is 3.54. The predicted molar refractivity (Wildman–Crippen MR) is 102 cm³/mol. The molecule has 3 aromatic rings. The fraction of sp³-hybridized carbons (Fsp3) is 0.450. The summed E-state index contributed by atoms with van der Waals surface area (Å²) in [6.45, 7) is 6.55. The van der Waals surface area contributed by atoms with Crippen LogP contribution in [0.4, 0.5) is 5.82 Å². The van der Waals surface area contributed by atoms with E-state index in [0.717, 1.165) is 60.4 Å². The van der Waals surface area contributed by atoms with E-state index in [2.05, 4.69) is 34.0 Å². The monoisotopic (exact) mass is 352 g/mol. The third-order valence-corrected chi connectivity index (χ3v) is 4.99. The first kappa shape index (κ1) is 16.8. The minimum Gasteiger partial charge on any atom is -0.450 e. The van der Waals surface area contributed by atoms with Crippen LogP contribution in [0.5, 0.6) is 0 Å². The average molecular weight is 352 g/mol. The minimum absolute atomic E-state index is 0.0815. The molecule has 6 heteroatoms. The van der Waals surface area contributed by atoms with E-state index in [1.807, 2.05) is 24.3 Å². The Hall–Kier alpha value is -2.63. The number of hydrogen-bond donors (Lipinski definition) is 1. The normalized spacial score (nSPS) is 15.9. The number of fused-ring (bicyclic) bond motifs is 3. The molecule has 1 aliphatic heterocycles. The van der Waals surface area contributed by atoms with Crippen molar-refractivity contribution >= 4 is 33.8 Å². The van der Waals surface area contributed by atoms with E-state index in [0.29, 0.717) is 5.92 Å². The van der Waals surface area contributed by atoms with Crippen LogP contribution in [-0.2, 0) is 4.79 Å². The molecule has 0 radical (unpaired) electrons. The second kappa shape index (κ2) is 6.94. The molecule has 6 nitrogen and oxygen atoms in total. The maximum absolute atomic E-state index is 12.3. The number of anilines is 1. The van der Waals surface area contributed by atoms with Crippen molar-refractivity contribution in [2.24, 2.45) is 11.8 Å². The maximum atomic E-state index is 12.3. The van der Waals surface area contributed by atoms with Gasteiger partial charge in [-0.15, -0.1) is 0 Å². The number of hydrogen-bond acceptors (Lipinski definition) is 5. The summed E-state index contributed by atoms with van der Waals surface area (Å²) in [5, 5.41) is 4.06. The number of para-hydroxylation sites is 1. The molecule has 0 spiro atoms. The molecule has 136 valence electrons. The van der Waals surface area contributed by atoms with Gasteiger partial charge in [-0.2, -0.15) is 0 Å². The van der Waals surface area contributed by atoms with Crippen molar-refractivity contribution in [2.45, 2.75) is 26.7 Å². The number of nitrogens with one attached hydrogen (secondary N) is 1. The molecule has 3 heterocycles. The Morgan fingerprint density at radius 3 is 2.81 bits per heavy atom.